The summed E-state index contributed by atoms with van der Waals surface area (Å²) in [5.41, 5.74) is 4.69. The van der Waals surface area contributed by atoms with Crippen LogP contribution in [-0.4, -0.2) is 33.4 Å². The summed E-state index contributed by atoms with van der Waals surface area (Å²) < 4.78 is 2.31. The largest absolute Gasteiger partial charge is 0.342 e. The van der Waals surface area contributed by atoms with Crippen LogP contribution in [0.1, 0.15) is 49.1 Å². The van der Waals surface area contributed by atoms with Crippen molar-refractivity contribution in [2.75, 3.05) is 13.1 Å². The van der Waals surface area contributed by atoms with E-state index in [4.69, 9.17) is 4.98 Å². The molecule has 0 radical (unpaired) electrons. The van der Waals surface area contributed by atoms with Crippen molar-refractivity contribution in [3.05, 3.63) is 65.5 Å². The molecular weight excluding hydrogens is 334 g/mol. The number of benzene rings is 2. The van der Waals surface area contributed by atoms with E-state index >= 15 is 0 Å². The van der Waals surface area contributed by atoms with Gasteiger partial charge < -0.3 is 9.47 Å². The number of hydrogen-bond acceptors (Lipinski definition) is 2. The molecule has 1 aliphatic heterocycles. The van der Waals surface area contributed by atoms with Gasteiger partial charge in [0.15, 0.2) is 0 Å². The van der Waals surface area contributed by atoms with E-state index in [1.807, 2.05) is 11.0 Å². The summed E-state index contributed by atoms with van der Waals surface area (Å²) >= 11 is 0. The highest BCUT2D eigenvalue weighted by Gasteiger charge is 2.33. The third-order valence-electron chi connectivity index (χ3n) is 5.51. The lowest BCUT2D eigenvalue weighted by atomic mass is 10.1. The lowest BCUT2D eigenvalue weighted by molar-refractivity contribution is -0.127. The molecule has 140 valence electrons. The van der Waals surface area contributed by atoms with Crippen LogP contribution in [0.5, 0.6) is 0 Å². The minimum absolute atomic E-state index is 0.173. The molecule has 0 saturated carbocycles. The van der Waals surface area contributed by atoms with Crippen LogP contribution in [0.3, 0.4) is 0 Å². The first kappa shape index (κ1) is 17.8. The Morgan fingerprint density at radius 1 is 1.11 bits per heavy atom. The first-order chi connectivity index (χ1) is 13.2. The van der Waals surface area contributed by atoms with Gasteiger partial charge in [-0.05, 0) is 31.0 Å². The fraction of sp³-hybridized carbons (Fsp3) is 0.391. The number of aryl methyl sites for hydroxylation is 1. The second-order valence-corrected chi connectivity index (χ2v) is 7.62. The van der Waals surface area contributed by atoms with Crippen LogP contribution in [0.4, 0.5) is 0 Å². The maximum Gasteiger partial charge on any atom is 0.223 e. The highest BCUT2D eigenvalue weighted by atomic mass is 16.2. The highest BCUT2D eigenvalue weighted by molar-refractivity contribution is 5.81. The van der Waals surface area contributed by atoms with Gasteiger partial charge in [-0.1, -0.05) is 55.3 Å². The molecule has 2 aromatic carbocycles. The number of para-hydroxylation sites is 2. The Balaban J connectivity index is 1.68. The van der Waals surface area contributed by atoms with Crippen LogP contribution in [-0.2, 0) is 11.3 Å². The van der Waals surface area contributed by atoms with Crippen LogP contribution in [0.25, 0.3) is 11.0 Å². The third-order valence-corrected chi connectivity index (χ3v) is 5.51. The Morgan fingerprint density at radius 2 is 1.89 bits per heavy atom. The van der Waals surface area contributed by atoms with Crippen LogP contribution >= 0.6 is 0 Å². The number of nitrogens with zero attached hydrogens (tertiary/aromatic N) is 3. The third kappa shape index (κ3) is 3.61. The summed E-state index contributed by atoms with van der Waals surface area (Å²) in [5, 5.41) is 0. The first-order valence-corrected chi connectivity index (χ1v) is 9.94. The summed E-state index contributed by atoms with van der Waals surface area (Å²) in [6.45, 7) is 6.71. The van der Waals surface area contributed by atoms with Gasteiger partial charge in [0.25, 0.3) is 0 Å². The summed E-state index contributed by atoms with van der Waals surface area (Å²) in [6, 6.07) is 17.0. The predicted molar refractivity (Wildman–Crippen MR) is 109 cm³/mol. The topological polar surface area (TPSA) is 38.1 Å². The molecule has 3 aromatic rings. The summed E-state index contributed by atoms with van der Waals surface area (Å²) in [4.78, 5) is 19.4. The van der Waals surface area contributed by atoms with Gasteiger partial charge in [0.1, 0.15) is 5.82 Å². The molecule has 1 saturated heterocycles. The van der Waals surface area contributed by atoms with Gasteiger partial charge in [0, 0.05) is 32.0 Å². The number of imidazole rings is 1. The summed E-state index contributed by atoms with van der Waals surface area (Å²) in [5.74, 6) is 1.48. The zero-order valence-corrected chi connectivity index (χ0v) is 16.2. The van der Waals surface area contributed by atoms with Crippen molar-refractivity contribution in [2.24, 2.45) is 0 Å². The lowest BCUT2D eigenvalue weighted by Crippen LogP contribution is -2.26. The Morgan fingerprint density at radius 3 is 2.67 bits per heavy atom. The highest BCUT2D eigenvalue weighted by Crippen LogP contribution is 2.31. The van der Waals surface area contributed by atoms with Crippen molar-refractivity contribution < 1.29 is 4.79 Å². The van der Waals surface area contributed by atoms with E-state index < -0.39 is 0 Å². The first-order valence-electron chi connectivity index (χ1n) is 9.94. The number of aromatic nitrogens is 2. The van der Waals surface area contributed by atoms with Gasteiger partial charge in [0.2, 0.25) is 5.91 Å². The van der Waals surface area contributed by atoms with Crippen LogP contribution in [0.15, 0.2) is 48.5 Å². The molecule has 4 nitrogen and oxygen atoms in total. The minimum atomic E-state index is 0.173. The van der Waals surface area contributed by atoms with Crippen LogP contribution in [0, 0.1) is 6.92 Å². The number of carbonyl (C=O) groups excluding carboxylic acids is 1. The van der Waals surface area contributed by atoms with E-state index in [1.54, 1.807) is 0 Å². The van der Waals surface area contributed by atoms with Gasteiger partial charge in [-0.2, -0.15) is 0 Å². The molecule has 4 rings (SSSR count). The molecule has 1 atom stereocenters. The number of rotatable bonds is 6. The molecule has 2 heterocycles. The molecule has 1 fully saturated rings. The molecule has 0 spiro atoms. The van der Waals surface area contributed by atoms with Gasteiger partial charge in [0.05, 0.1) is 11.0 Å². The summed E-state index contributed by atoms with van der Waals surface area (Å²) in [6.07, 6.45) is 2.75. The van der Waals surface area contributed by atoms with E-state index in [0.717, 1.165) is 49.3 Å². The van der Waals surface area contributed by atoms with E-state index in [-0.39, 0.29) is 11.8 Å². The number of hydrogen-bond donors (Lipinski definition) is 0. The Hall–Kier alpha value is -2.62. The minimum Gasteiger partial charge on any atom is -0.342 e. The van der Waals surface area contributed by atoms with E-state index in [9.17, 15) is 4.79 Å². The fourth-order valence-corrected chi connectivity index (χ4v) is 3.96. The maximum absolute atomic E-state index is 12.5. The van der Waals surface area contributed by atoms with Crippen LogP contribution < -0.4 is 0 Å². The van der Waals surface area contributed by atoms with E-state index in [0.29, 0.717) is 6.42 Å². The molecule has 0 N–H and O–H groups in total. The normalized spacial score (nSPS) is 17.2. The smallest absolute Gasteiger partial charge is 0.223 e. The molecule has 0 aliphatic carbocycles. The van der Waals surface area contributed by atoms with Gasteiger partial charge in [-0.3, -0.25) is 4.79 Å². The van der Waals surface area contributed by atoms with Crippen molar-refractivity contribution in [1.29, 1.82) is 0 Å². The van der Waals surface area contributed by atoms with Crippen LogP contribution in [0.2, 0.25) is 0 Å². The van der Waals surface area contributed by atoms with Crippen molar-refractivity contribution in [3.63, 3.8) is 0 Å². The molecule has 1 amide bonds. The summed E-state index contributed by atoms with van der Waals surface area (Å²) in [7, 11) is 0. The number of unbranched alkanes of at least 4 members (excludes halogenated alkanes) is 1. The standard InChI is InChI=1S/C23H27N3O/c1-3-4-13-25-16-19(14-22(25)27)23-24-20-7-5-6-8-21(20)26(23)15-18-11-9-17(2)10-12-18/h5-12,19H,3-4,13-16H2,1-2H3/t19-/m1/s1. The van der Waals surface area contributed by atoms with Crippen molar-refractivity contribution in [2.45, 2.75) is 45.6 Å². The second kappa shape index (κ2) is 7.55. The Kier molecular flexibility index (Phi) is 4.97. The molecule has 0 bridgehead atoms. The number of fused-ring (bicyclic) bond motifs is 1. The fourth-order valence-electron chi connectivity index (χ4n) is 3.96. The monoisotopic (exact) mass is 361 g/mol. The number of carbonyl (C=O) groups is 1. The number of amides is 1. The second-order valence-electron chi connectivity index (χ2n) is 7.62. The van der Waals surface area contributed by atoms with Crippen molar-refractivity contribution in [1.82, 2.24) is 14.5 Å². The van der Waals surface area contributed by atoms with Gasteiger partial charge in [-0.25, -0.2) is 4.98 Å². The quantitative estimate of drug-likeness (QED) is 0.648. The van der Waals surface area contributed by atoms with Gasteiger partial charge >= 0.3 is 0 Å². The number of likely N-dealkylation sites (tertiary alicyclic amines) is 1. The SMILES string of the molecule is CCCCN1C[C@H](c2nc3ccccc3n2Cc2ccc(C)cc2)CC1=O. The molecule has 1 aliphatic rings. The van der Waals surface area contributed by atoms with E-state index in [2.05, 4.69) is 60.9 Å². The predicted octanol–water partition coefficient (Wildman–Crippen LogP) is 4.51. The molecule has 4 heteroatoms. The average molecular weight is 361 g/mol. The molecule has 27 heavy (non-hydrogen) atoms. The Labute approximate surface area is 160 Å². The zero-order chi connectivity index (χ0) is 18.8. The van der Waals surface area contributed by atoms with Gasteiger partial charge in [-0.15, -0.1) is 0 Å². The zero-order valence-electron chi connectivity index (χ0n) is 16.2. The Bertz CT molecular complexity index is 942. The van der Waals surface area contributed by atoms with Crippen molar-refractivity contribution in [3.8, 4) is 0 Å². The lowest BCUT2D eigenvalue weighted by Gasteiger charge is -2.17. The average Bonchev–Trinajstić information content (AvgIpc) is 3.22. The van der Waals surface area contributed by atoms with Crippen molar-refractivity contribution >= 4 is 16.9 Å². The molecule has 1 aromatic heterocycles. The molecular formula is C23H27N3O. The maximum atomic E-state index is 12.5. The van der Waals surface area contributed by atoms with E-state index in [1.165, 1.54) is 11.1 Å². The molecule has 0 unspecified atom stereocenters.